The standard InChI is InChI=1S/C16H17N3O/c17-16(20)12-6-3-5-11(8-12)15-10-19-14-7-2-1-4-13(14)9-18-15/h1-3,5-6,8-9,13,15H,4,7,10H2,(H2,17,20). The van der Waals surface area contributed by atoms with Crippen LogP contribution in [0.4, 0.5) is 0 Å². The number of aliphatic imine (C=N–C) groups is 2. The van der Waals surface area contributed by atoms with E-state index in [-0.39, 0.29) is 6.04 Å². The van der Waals surface area contributed by atoms with E-state index in [2.05, 4.69) is 17.1 Å². The lowest BCUT2D eigenvalue weighted by molar-refractivity contribution is 0.1000. The van der Waals surface area contributed by atoms with Crippen LogP contribution >= 0.6 is 0 Å². The van der Waals surface area contributed by atoms with Gasteiger partial charge in [0.15, 0.2) is 0 Å². The third kappa shape index (κ3) is 2.54. The Kier molecular flexibility index (Phi) is 3.46. The molecule has 1 aliphatic heterocycles. The van der Waals surface area contributed by atoms with Crippen molar-refractivity contribution in [2.24, 2.45) is 21.6 Å². The molecule has 1 amide bonds. The van der Waals surface area contributed by atoms with Gasteiger partial charge in [-0.1, -0.05) is 24.3 Å². The molecule has 2 atom stereocenters. The van der Waals surface area contributed by atoms with Crippen LogP contribution in [-0.4, -0.2) is 24.4 Å². The van der Waals surface area contributed by atoms with Gasteiger partial charge in [-0.2, -0.15) is 0 Å². The third-order valence-corrected chi connectivity index (χ3v) is 3.78. The fourth-order valence-electron chi connectivity index (χ4n) is 2.61. The fraction of sp³-hybridized carbons (Fsp3) is 0.312. The SMILES string of the molecule is NC(=O)c1cccc(C2CN=C3CC=CCC3C=N2)c1. The van der Waals surface area contributed by atoms with Crippen molar-refractivity contribution in [3.8, 4) is 0 Å². The summed E-state index contributed by atoms with van der Waals surface area (Å²) in [6.45, 7) is 0.637. The number of carbonyl (C=O) groups excluding carboxylic acids is 1. The summed E-state index contributed by atoms with van der Waals surface area (Å²) in [6, 6.07) is 7.34. The highest BCUT2D eigenvalue weighted by molar-refractivity contribution is 6.00. The molecule has 1 aliphatic carbocycles. The number of rotatable bonds is 2. The van der Waals surface area contributed by atoms with Crippen LogP contribution in [0.2, 0.25) is 0 Å². The van der Waals surface area contributed by atoms with Crippen molar-refractivity contribution in [3.05, 3.63) is 47.5 Å². The average Bonchev–Trinajstić information content (AvgIpc) is 2.70. The van der Waals surface area contributed by atoms with Crippen LogP contribution in [0, 0.1) is 5.92 Å². The summed E-state index contributed by atoms with van der Waals surface area (Å²) in [4.78, 5) is 20.6. The van der Waals surface area contributed by atoms with Gasteiger partial charge in [-0.15, -0.1) is 0 Å². The number of fused-ring (bicyclic) bond motifs is 1. The Bertz CT molecular complexity index is 616. The Balaban J connectivity index is 1.87. The normalized spacial score (nSPS) is 24.7. The van der Waals surface area contributed by atoms with E-state index in [1.54, 1.807) is 6.07 Å². The molecule has 0 saturated heterocycles. The maximum atomic E-state index is 11.3. The van der Waals surface area contributed by atoms with Gasteiger partial charge in [-0.05, 0) is 24.1 Å². The van der Waals surface area contributed by atoms with E-state index < -0.39 is 5.91 Å². The van der Waals surface area contributed by atoms with E-state index in [1.807, 2.05) is 24.4 Å². The van der Waals surface area contributed by atoms with Gasteiger partial charge in [0, 0.05) is 29.8 Å². The molecule has 0 spiro atoms. The Hall–Kier alpha value is -2.23. The van der Waals surface area contributed by atoms with Gasteiger partial charge in [0.2, 0.25) is 5.91 Å². The predicted octanol–water partition coefficient (Wildman–Crippen LogP) is 2.32. The fourth-order valence-corrected chi connectivity index (χ4v) is 2.61. The van der Waals surface area contributed by atoms with Gasteiger partial charge in [0.25, 0.3) is 0 Å². The quantitative estimate of drug-likeness (QED) is 0.821. The van der Waals surface area contributed by atoms with E-state index in [9.17, 15) is 4.79 Å². The van der Waals surface area contributed by atoms with E-state index in [0.29, 0.717) is 18.0 Å². The zero-order valence-corrected chi connectivity index (χ0v) is 11.2. The monoisotopic (exact) mass is 267 g/mol. The Morgan fingerprint density at radius 3 is 3.05 bits per heavy atom. The molecular weight excluding hydrogens is 250 g/mol. The van der Waals surface area contributed by atoms with E-state index in [4.69, 9.17) is 10.7 Å². The van der Waals surface area contributed by atoms with Crippen molar-refractivity contribution in [1.29, 1.82) is 0 Å². The summed E-state index contributed by atoms with van der Waals surface area (Å²) in [5.74, 6) is -0.0713. The average molecular weight is 267 g/mol. The Labute approximate surface area is 118 Å². The number of hydrogen-bond donors (Lipinski definition) is 1. The van der Waals surface area contributed by atoms with E-state index >= 15 is 0 Å². The molecule has 0 bridgehead atoms. The summed E-state index contributed by atoms with van der Waals surface area (Å²) in [6.07, 6.45) is 8.26. The first kappa shape index (κ1) is 12.8. The van der Waals surface area contributed by atoms with Crippen molar-refractivity contribution in [2.75, 3.05) is 6.54 Å². The van der Waals surface area contributed by atoms with Gasteiger partial charge in [0.1, 0.15) is 0 Å². The first-order chi connectivity index (χ1) is 9.74. The van der Waals surface area contributed by atoms with Crippen molar-refractivity contribution in [3.63, 3.8) is 0 Å². The Morgan fingerprint density at radius 1 is 1.30 bits per heavy atom. The lowest BCUT2D eigenvalue weighted by Crippen LogP contribution is -2.16. The van der Waals surface area contributed by atoms with E-state index in [1.165, 1.54) is 5.71 Å². The molecule has 1 aromatic rings. The molecule has 20 heavy (non-hydrogen) atoms. The molecule has 1 heterocycles. The predicted molar refractivity (Wildman–Crippen MR) is 80.4 cm³/mol. The minimum absolute atomic E-state index is 0.0209. The zero-order chi connectivity index (χ0) is 13.9. The van der Waals surface area contributed by atoms with E-state index in [0.717, 1.165) is 18.4 Å². The van der Waals surface area contributed by atoms with Crippen LogP contribution in [0.15, 0.2) is 46.4 Å². The number of allylic oxidation sites excluding steroid dienone is 2. The first-order valence-electron chi connectivity index (χ1n) is 6.85. The van der Waals surface area contributed by atoms with Crippen molar-refractivity contribution in [1.82, 2.24) is 0 Å². The number of carbonyl (C=O) groups is 1. The smallest absolute Gasteiger partial charge is 0.248 e. The topological polar surface area (TPSA) is 67.8 Å². The zero-order valence-electron chi connectivity index (χ0n) is 11.2. The lowest BCUT2D eigenvalue weighted by Gasteiger charge is -2.14. The molecule has 102 valence electrons. The minimum Gasteiger partial charge on any atom is -0.366 e. The molecule has 0 saturated carbocycles. The van der Waals surface area contributed by atoms with Crippen LogP contribution in [-0.2, 0) is 0 Å². The first-order valence-corrected chi connectivity index (χ1v) is 6.85. The van der Waals surface area contributed by atoms with Crippen molar-refractivity contribution >= 4 is 17.8 Å². The summed E-state index contributed by atoms with van der Waals surface area (Å²) in [5, 5.41) is 0. The van der Waals surface area contributed by atoms with Gasteiger partial charge in [-0.3, -0.25) is 14.8 Å². The maximum absolute atomic E-state index is 11.3. The van der Waals surface area contributed by atoms with Crippen LogP contribution < -0.4 is 5.73 Å². The molecule has 0 fully saturated rings. The molecule has 0 aromatic heterocycles. The molecule has 2 unspecified atom stereocenters. The number of nitrogens with zero attached hydrogens (tertiary/aromatic N) is 2. The van der Waals surface area contributed by atoms with Gasteiger partial charge < -0.3 is 5.73 Å². The minimum atomic E-state index is -0.409. The van der Waals surface area contributed by atoms with Crippen LogP contribution in [0.1, 0.15) is 34.8 Å². The number of hydrogen-bond acceptors (Lipinski definition) is 3. The van der Waals surface area contributed by atoms with Crippen LogP contribution in [0.25, 0.3) is 0 Å². The maximum Gasteiger partial charge on any atom is 0.248 e. The molecule has 4 nitrogen and oxygen atoms in total. The third-order valence-electron chi connectivity index (χ3n) is 3.78. The number of amides is 1. The molecule has 4 heteroatoms. The molecule has 2 N–H and O–H groups in total. The lowest BCUT2D eigenvalue weighted by atomic mass is 9.93. The molecule has 3 rings (SSSR count). The van der Waals surface area contributed by atoms with Crippen molar-refractivity contribution < 1.29 is 4.79 Å². The molecular formula is C16H17N3O. The second-order valence-corrected chi connectivity index (χ2v) is 5.15. The van der Waals surface area contributed by atoms with Crippen molar-refractivity contribution in [2.45, 2.75) is 18.9 Å². The summed E-state index contributed by atoms with van der Waals surface area (Å²) >= 11 is 0. The summed E-state index contributed by atoms with van der Waals surface area (Å²) < 4.78 is 0. The molecule has 2 aliphatic rings. The van der Waals surface area contributed by atoms with Crippen LogP contribution in [0.5, 0.6) is 0 Å². The highest BCUT2D eigenvalue weighted by atomic mass is 16.1. The summed E-state index contributed by atoms with van der Waals surface area (Å²) in [5.41, 5.74) is 8.05. The van der Waals surface area contributed by atoms with Gasteiger partial charge in [0.05, 0.1) is 12.6 Å². The Morgan fingerprint density at radius 2 is 2.20 bits per heavy atom. The summed E-state index contributed by atoms with van der Waals surface area (Å²) in [7, 11) is 0. The number of nitrogens with two attached hydrogens (primary N) is 1. The number of benzene rings is 1. The van der Waals surface area contributed by atoms with Crippen LogP contribution in [0.3, 0.4) is 0 Å². The van der Waals surface area contributed by atoms with Gasteiger partial charge in [-0.25, -0.2) is 0 Å². The molecule has 0 radical (unpaired) electrons. The van der Waals surface area contributed by atoms with Gasteiger partial charge >= 0.3 is 0 Å². The number of primary amides is 1. The largest absolute Gasteiger partial charge is 0.366 e. The second-order valence-electron chi connectivity index (χ2n) is 5.15. The highest BCUT2D eigenvalue weighted by Crippen LogP contribution is 2.24. The highest BCUT2D eigenvalue weighted by Gasteiger charge is 2.20. The molecule has 1 aromatic carbocycles. The second kappa shape index (κ2) is 5.41.